The Bertz CT molecular complexity index is 390. The summed E-state index contributed by atoms with van der Waals surface area (Å²) in [5.74, 6) is 0.338. The number of ether oxygens (including phenoxy) is 2. The van der Waals surface area contributed by atoms with Crippen molar-refractivity contribution in [3.05, 3.63) is 36.4 Å². The van der Waals surface area contributed by atoms with E-state index in [-0.39, 0.29) is 5.91 Å². The van der Waals surface area contributed by atoms with Crippen LogP contribution < -0.4 is 10.1 Å². The van der Waals surface area contributed by atoms with Gasteiger partial charge in [-0.15, -0.1) is 0 Å². The average molecular weight is 253 g/mol. The molecule has 0 aromatic heterocycles. The van der Waals surface area contributed by atoms with E-state index in [1.165, 1.54) is 0 Å². The van der Waals surface area contributed by atoms with Gasteiger partial charge in [0.2, 0.25) is 5.91 Å². The summed E-state index contributed by atoms with van der Waals surface area (Å²) in [5, 5.41) is 2.60. The third-order valence-corrected chi connectivity index (χ3v) is 2.04. The first-order valence-electron chi connectivity index (χ1n) is 5.51. The fourth-order valence-electron chi connectivity index (χ4n) is 1.21. The van der Waals surface area contributed by atoms with Crippen LogP contribution in [0.4, 0.5) is 10.1 Å². The smallest absolute Gasteiger partial charge is 0.248 e. The lowest BCUT2D eigenvalue weighted by Gasteiger charge is -2.06. The highest BCUT2D eigenvalue weighted by atomic mass is 19.1. The Morgan fingerprint density at radius 3 is 2.67 bits per heavy atom. The van der Waals surface area contributed by atoms with Crippen LogP contribution in [-0.4, -0.2) is 32.9 Å². The predicted octanol–water partition coefficient (Wildman–Crippen LogP) is 2.18. The number of methoxy groups -OCH3 is 1. The lowest BCUT2D eigenvalue weighted by Crippen LogP contribution is -2.08. The van der Waals surface area contributed by atoms with Gasteiger partial charge in [-0.1, -0.05) is 0 Å². The van der Waals surface area contributed by atoms with Gasteiger partial charge in [0.15, 0.2) is 0 Å². The molecule has 1 amide bonds. The molecule has 0 radical (unpaired) electrons. The molecule has 0 aliphatic carbocycles. The zero-order valence-electron chi connectivity index (χ0n) is 10.2. The minimum atomic E-state index is -0.653. The Morgan fingerprint density at radius 1 is 1.33 bits per heavy atom. The van der Waals surface area contributed by atoms with Gasteiger partial charge in [-0.25, -0.2) is 4.39 Å². The Hall–Kier alpha value is -1.88. The molecule has 0 aliphatic heterocycles. The molecule has 0 saturated carbocycles. The van der Waals surface area contributed by atoms with Crippen LogP contribution in [-0.2, 0) is 9.53 Å². The van der Waals surface area contributed by atoms with E-state index in [1.54, 1.807) is 31.4 Å². The van der Waals surface area contributed by atoms with Crippen LogP contribution in [0.2, 0.25) is 0 Å². The second kappa shape index (κ2) is 8.25. The number of halogens is 1. The molecule has 5 heteroatoms. The summed E-state index contributed by atoms with van der Waals surface area (Å²) in [6.45, 7) is 0.341. The lowest BCUT2D eigenvalue weighted by atomic mass is 10.3. The SMILES string of the molecule is COCCOc1ccc(NC(=O)/C=C/CF)cc1. The van der Waals surface area contributed by atoms with Crippen molar-refractivity contribution in [2.75, 3.05) is 32.3 Å². The monoisotopic (exact) mass is 253 g/mol. The molecule has 0 bridgehead atoms. The third kappa shape index (κ3) is 5.45. The highest BCUT2D eigenvalue weighted by Crippen LogP contribution is 2.15. The molecule has 1 N–H and O–H groups in total. The van der Waals surface area contributed by atoms with Crippen molar-refractivity contribution in [2.24, 2.45) is 0 Å². The second-order valence-electron chi connectivity index (χ2n) is 3.41. The number of benzene rings is 1. The molecule has 1 aromatic rings. The molecule has 1 rings (SSSR count). The van der Waals surface area contributed by atoms with E-state index in [0.29, 0.717) is 24.7 Å². The van der Waals surface area contributed by atoms with E-state index in [1.807, 2.05) is 0 Å². The normalized spacial score (nSPS) is 10.6. The lowest BCUT2D eigenvalue weighted by molar-refractivity contribution is -0.111. The first kappa shape index (κ1) is 14.2. The third-order valence-electron chi connectivity index (χ3n) is 2.04. The highest BCUT2D eigenvalue weighted by molar-refractivity contribution is 5.99. The minimum absolute atomic E-state index is 0.360. The molecular weight excluding hydrogens is 237 g/mol. The molecule has 1 aromatic carbocycles. The van der Waals surface area contributed by atoms with E-state index >= 15 is 0 Å². The number of carbonyl (C=O) groups excluding carboxylic acids is 1. The number of alkyl halides is 1. The number of amides is 1. The first-order chi connectivity index (χ1) is 8.76. The maximum atomic E-state index is 11.8. The van der Waals surface area contributed by atoms with Gasteiger partial charge in [0, 0.05) is 18.9 Å². The van der Waals surface area contributed by atoms with E-state index < -0.39 is 6.67 Å². The Balaban J connectivity index is 2.44. The Kier molecular flexibility index (Phi) is 6.50. The van der Waals surface area contributed by atoms with Crippen LogP contribution in [0, 0.1) is 0 Å². The van der Waals surface area contributed by atoms with Gasteiger partial charge < -0.3 is 14.8 Å². The largest absolute Gasteiger partial charge is 0.491 e. The van der Waals surface area contributed by atoms with Crippen LogP contribution in [0.1, 0.15) is 0 Å². The molecule has 18 heavy (non-hydrogen) atoms. The van der Waals surface area contributed by atoms with E-state index in [4.69, 9.17) is 9.47 Å². The quantitative estimate of drug-likeness (QED) is 0.598. The number of rotatable bonds is 7. The van der Waals surface area contributed by atoms with Crippen LogP contribution in [0.3, 0.4) is 0 Å². The van der Waals surface area contributed by atoms with Crippen molar-refractivity contribution in [3.8, 4) is 5.75 Å². The van der Waals surface area contributed by atoms with Crippen LogP contribution in [0.25, 0.3) is 0 Å². The topological polar surface area (TPSA) is 47.6 Å². The van der Waals surface area contributed by atoms with Crippen molar-refractivity contribution in [1.29, 1.82) is 0 Å². The molecule has 4 nitrogen and oxygen atoms in total. The number of nitrogens with one attached hydrogen (secondary N) is 1. The first-order valence-corrected chi connectivity index (χ1v) is 5.51. The van der Waals surface area contributed by atoms with Crippen molar-refractivity contribution in [2.45, 2.75) is 0 Å². The summed E-state index contributed by atoms with van der Waals surface area (Å²) < 4.78 is 22.0. The van der Waals surface area contributed by atoms with Gasteiger partial charge in [-0.05, 0) is 30.3 Å². The van der Waals surface area contributed by atoms with Gasteiger partial charge in [0.1, 0.15) is 19.0 Å². The number of hydrogen-bond donors (Lipinski definition) is 1. The highest BCUT2D eigenvalue weighted by Gasteiger charge is 1.98. The summed E-state index contributed by atoms with van der Waals surface area (Å²) in [5.41, 5.74) is 0.627. The predicted molar refractivity (Wildman–Crippen MR) is 67.6 cm³/mol. The second-order valence-corrected chi connectivity index (χ2v) is 3.41. The van der Waals surface area contributed by atoms with Crippen molar-refractivity contribution in [3.63, 3.8) is 0 Å². The van der Waals surface area contributed by atoms with Crippen LogP contribution >= 0.6 is 0 Å². The summed E-state index contributed by atoms with van der Waals surface area (Å²) in [4.78, 5) is 11.3. The molecule has 0 saturated heterocycles. The molecule has 0 unspecified atom stereocenters. The van der Waals surface area contributed by atoms with Crippen molar-refractivity contribution >= 4 is 11.6 Å². The standard InChI is InChI=1S/C13H16FNO3/c1-17-9-10-18-12-6-4-11(5-7-12)15-13(16)3-2-8-14/h2-7H,8-10H2,1H3,(H,15,16)/b3-2+. The van der Waals surface area contributed by atoms with Gasteiger partial charge in [0.05, 0.1) is 6.61 Å². The van der Waals surface area contributed by atoms with Crippen LogP contribution in [0.5, 0.6) is 5.75 Å². The van der Waals surface area contributed by atoms with E-state index in [2.05, 4.69) is 5.32 Å². The number of anilines is 1. The van der Waals surface area contributed by atoms with Gasteiger partial charge in [0.25, 0.3) is 0 Å². The summed E-state index contributed by atoms with van der Waals surface area (Å²) >= 11 is 0. The van der Waals surface area contributed by atoms with E-state index in [0.717, 1.165) is 12.2 Å². The van der Waals surface area contributed by atoms with Gasteiger partial charge >= 0.3 is 0 Å². The molecular formula is C13H16FNO3. The fraction of sp³-hybridized carbons (Fsp3) is 0.308. The fourth-order valence-corrected chi connectivity index (χ4v) is 1.21. The van der Waals surface area contributed by atoms with Crippen molar-refractivity contribution < 1.29 is 18.7 Å². The minimum Gasteiger partial charge on any atom is -0.491 e. The van der Waals surface area contributed by atoms with Gasteiger partial charge in [-0.2, -0.15) is 0 Å². The van der Waals surface area contributed by atoms with Gasteiger partial charge in [-0.3, -0.25) is 4.79 Å². The zero-order valence-corrected chi connectivity index (χ0v) is 10.2. The molecule has 0 spiro atoms. The number of hydrogen-bond acceptors (Lipinski definition) is 3. The van der Waals surface area contributed by atoms with Crippen molar-refractivity contribution in [1.82, 2.24) is 0 Å². The van der Waals surface area contributed by atoms with E-state index in [9.17, 15) is 9.18 Å². The zero-order chi connectivity index (χ0) is 13.2. The molecule has 0 heterocycles. The summed E-state index contributed by atoms with van der Waals surface area (Å²) in [6, 6.07) is 6.90. The number of allylic oxidation sites excluding steroid dienone is 1. The summed E-state index contributed by atoms with van der Waals surface area (Å²) in [6.07, 6.45) is 2.31. The maximum Gasteiger partial charge on any atom is 0.248 e. The maximum absolute atomic E-state index is 11.8. The molecule has 0 aliphatic rings. The molecule has 0 atom stereocenters. The Labute approximate surface area is 105 Å². The molecule has 0 fully saturated rings. The number of carbonyl (C=O) groups is 1. The Morgan fingerprint density at radius 2 is 2.06 bits per heavy atom. The average Bonchev–Trinajstić information content (AvgIpc) is 2.39. The summed E-state index contributed by atoms with van der Waals surface area (Å²) in [7, 11) is 1.60. The van der Waals surface area contributed by atoms with Crippen LogP contribution in [0.15, 0.2) is 36.4 Å². The molecule has 98 valence electrons.